The van der Waals surface area contributed by atoms with Crippen LogP contribution in [0.2, 0.25) is 0 Å². The average Bonchev–Trinajstić information content (AvgIpc) is 2.94. The molecule has 25 heavy (non-hydrogen) atoms. The molecule has 0 bridgehead atoms. The van der Waals surface area contributed by atoms with Crippen molar-refractivity contribution in [2.45, 2.75) is 39.5 Å². The molecule has 0 saturated carbocycles. The molecular weight excluding hydrogens is 314 g/mol. The highest BCUT2D eigenvalue weighted by Crippen LogP contribution is 2.39. The molecule has 4 nitrogen and oxygen atoms in total. The Kier molecular flexibility index (Phi) is 7.51. The zero-order valence-corrected chi connectivity index (χ0v) is 15.9. The highest BCUT2D eigenvalue weighted by Gasteiger charge is 2.33. The van der Waals surface area contributed by atoms with Gasteiger partial charge in [-0.05, 0) is 56.3 Å². The van der Waals surface area contributed by atoms with Gasteiger partial charge < -0.3 is 14.8 Å². The molecule has 0 amide bonds. The molecule has 1 aromatic rings. The van der Waals surface area contributed by atoms with Gasteiger partial charge in [-0.15, -0.1) is 0 Å². The first-order valence-electron chi connectivity index (χ1n) is 9.25. The van der Waals surface area contributed by atoms with Crippen LogP contribution in [0.5, 0.6) is 11.5 Å². The van der Waals surface area contributed by atoms with Gasteiger partial charge in [0.15, 0.2) is 17.3 Å². The van der Waals surface area contributed by atoms with Gasteiger partial charge in [-0.2, -0.15) is 0 Å². The number of ether oxygens (including phenoxy) is 2. The van der Waals surface area contributed by atoms with Crippen molar-refractivity contribution in [3.63, 3.8) is 0 Å². The lowest BCUT2D eigenvalue weighted by Gasteiger charge is -2.18. The van der Waals surface area contributed by atoms with Crippen molar-refractivity contribution in [3.8, 4) is 11.5 Å². The number of methoxy groups -OCH3 is 2. The van der Waals surface area contributed by atoms with E-state index in [4.69, 9.17) is 9.47 Å². The third-order valence-corrected chi connectivity index (χ3v) is 5.13. The first kappa shape index (κ1) is 19.5. The van der Waals surface area contributed by atoms with Crippen molar-refractivity contribution in [3.05, 3.63) is 35.4 Å². The number of rotatable bonds is 10. The number of allylic oxidation sites excluding steroid dienone is 1. The van der Waals surface area contributed by atoms with E-state index >= 15 is 0 Å². The number of carbonyl (C=O) groups excluding carboxylic acids is 1. The number of nitrogens with one attached hydrogen (secondary N) is 1. The van der Waals surface area contributed by atoms with Crippen LogP contribution in [-0.4, -0.2) is 33.1 Å². The highest BCUT2D eigenvalue weighted by atomic mass is 16.5. The fraction of sp³-hybridized carbons (Fsp3) is 0.571. The van der Waals surface area contributed by atoms with Crippen molar-refractivity contribution in [1.29, 1.82) is 0 Å². The molecule has 2 atom stereocenters. The van der Waals surface area contributed by atoms with E-state index in [0.29, 0.717) is 17.4 Å². The van der Waals surface area contributed by atoms with Crippen LogP contribution in [0, 0.1) is 11.8 Å². The minimum Gasteiger partial charge on any atom is -0.493 e. The van der Waals surface area contributed by atoms with Crippen LogP contribution >= 0.6 is 0 Å². The summed E-state index contributed by atoms with van der Waals surface area (Å²) in [5.74, 6) is 2.26. The fourth-order valence-electron chi connectivity index (χ4n) is 3.59. The van der Waals surface area contributed by atoms with Crippen LogP contribution < -0.4 is 14.8 Å². The highest BCUT2D eigenvalue weighted by molar-refractivity contribution is 6.02. The largest absolute Gasteiger partial charge is 0.493 e. The lowest BCUT2D eigenvalue weighted by molar-refractivity contribution is 0.0916. The Morgan fingerprint density at radius 1 is 1.28 bits per heavy atom. The molecular formula is C21H31NO3. The second-order valence-corrected chi connectivity index (χ2v) is 6.70. The van der Waals surface area contributed by atoms with Crippen molar-refractivity contribution < 1.29 is 14.3 Å². The minimum atomic E-state index is 0.0901. The molecule has 1 N–H and O–H groups in total. The van der Waals surface area contributed by atoms with E-state index in [2.05, 4.69) is 24.4 Å². The first-order valence-corrected chi connectivity index (χ1v) is 9.25. The van der Waals surface area contributed by atoms with E-state index in [1.165, 1.54) is 0 Å². The van der Waals surface area contributed by atoms with Crippen LogP contribution in [0.3, 0.4) is 0 Å². The van der Waals surface area contributed by atoms with Gasteiger partial charge in [-0.25, -0.2) is 0 Å². The van der Waals surface area contributed by atoms with Gasteiger partial charge in [-0.3, -0.25) is 4.79 Å². The summed E-state index contributed by atoms with van der Waals surface area (Å²) in [5, 5.41) is 3.43. The molecule has 1 aromatic carbocycles. The molecule has 2 unspecified atom stereocenters. The lowest BCUT2D eigenvalue weighted by atomic mass is 9.88. The summed E-state index contributed by atoms with van der Waals surface area (Å²) in [6.07, 6.45) is 8.18. The molecule has 0 aromatic heterocycles. The van der Waals surface area contributed by atoms with E-state index in [1.807, 2.05) is 19.1 Å². The third-order valence-electron chi connectivity index (χ3n) is 5.13. The predicted molar refractivity (Wildman–Crippen MR) is 102 cm³/mol. The quantitative estimate of drug-likeness (QED) is 0.514. The van der Waals surface area contributed by atoms with Gasteiger partial charge in [0.1, 0.15) is 0 Å². The van der Waals surface area contributed by atoms with Crippen molar-refractivity contribution in [1.82, 2.24) is 5.32 Å². The molecule has 1 aliphatic rings. The topological polar surface area (TPSA) is 47.6 Å². The van der Waals surface area contributed by atoms with Gasteiger partial charge in [0, 0.05) is 18.0 Å². The summed E-state index contributed by atoms with van der Waals surface area (Å²) in [6, 6.07) is 3.81. The molecule has 2 rings (SSSR count). The summed E-state index contributed by atoms with van der Waals surface area (Å²) in [5.41, 5.74) is 1.90. The standard InChI is InChI=1S/C21H31NO3/c1-5-7-9-22-10-8-15(6-2)11-17-12-16-13-19(24-3)20(25-4)14-18(16)21(17)23/h5,7,13-15,17,22H,6,8-12H2,1-4H3/b7-5+. The average molecular weight is 345 g/mol. The summed E-state index contributed by atoms with van der Waals surface area (Å²) in [6.45, 7) is 6.16. The van der Waals surface area contributed by atoms with E-state index in [9.17, 15) is 4.79 Å². The molecule has 0 heterocycles. The fourth-order valence-corrected chi connectivity index (χ4v) is 3.59. The maximum Gasteiger partial charge on any atom is 0.166 e. The molecule has 4 heteroatoms. The Morgan fingerprint density at radius 3 is 2.64 bits per heavy atom. The minimum absolute atomic E-state index is 0.0901. The molecule has 0 saturated heterocycles. The zero-order valence-electron chi connectivity index (χ0n) is 15.9. The maximum atomic E-state index is 12.8. The summed E-state index contributed by atoms with van der Waals surface area (Å²) >= 11 is 0. The van der Waals surface area contributed by atoms with E-state index in [1.54, 1.807) is 14.2 Å². The SMILES string of the molecule is C/C=C/CNCCC(CC)CC1Cc2cc(OC)c(OC)cc2C1=O. The van der Waals surface area contributed by atoms with E-state index in [0.717, 1.165) is 49.9 Å². The van der Waals surface area contributed by atoms with Crippen LogP contribution in [0.25, 0.3) is 0 Å². The number of hydrogen-bond acceptors (Lipinski definition) is 4. The monoisotopic (exact) mass is 345 g/mol. The Balaban J connectivity index is 1.97. The van der Waals surface area contributed by atoms with Gasteiger partial charge in [0.25, 0.3) is 0 Å². The normalized spacial score (nSPS) is 17.8. The molecule has 0 spiro atoms. The van der Waals surface area contributed by atoms with E-state index < -0.39 is 0 Å². The lowest BCUT2D eigenvalue weighted by Crippen LogP contribution is -2.21. The Hall–Kier alpha value is -1.81. The van der Waals surface area contributed by atoms with Gasteiger partial charge >= 0.3 is 0 Å². The second kappa shape index (κ2) is 9.62. The third kappa shape index (κ3) is 4.85. The number of benzene rings is 1. The maximum absolute atomic E-state index is 12.8. The number of hydrogen-bond donors (Lipinski definition) is 1. The van der Waals surface area contributed by atoms with Gasteiger partial charge in [0.05, 0.1) is 14.2 Å². The number of ketones is 1. The molecule has 0 aliphatic heterocycles. The number of Topliss-reactive ketones (excluding diaryl/α,β-unsaturated/α-hetero) is 1. The number of carbonyl (C=O) groups is 1. The summed E-state index contributed by atoms with van der Waals surface area (Å²) in [4.78, 5) is 12.8. The van der Waals surface area contributed by atoms with E-state index in [-0.39, 0.29) is 11.7 Å². The predicted octanol–water partition coefficient (Wildman–Crippen LogP) is 4.03. The zero-order chi connectivity index (χ0) is 18.2. The smallest absolute Gasteiger partial charge is 0.166 e. The van der Waals surface area contributed by atoms with Crippen LogP contribution in [0.15, 0.2) is 24.3 Å². The van der Waals surface area contributed by atoms with Gasteiger partial charge in [0.2, 0.25) is 0 Å². The van der Waals surface area contributed by atoms with Crippen molar-refractivity contribution in [2.75, 3.05) is 27.3 Å². The van der Waals surface area contributed by atoms with Crippen LogP contribution in [-0.2, 0) is 6.42 Å². The molecule has 1 aliphatic carbocycles. The van der Waals surface area contributed by atoms with Crippen molar-refractivity contribution >= 4 is 5.78 Å². The number of fused-ring (bicyclic) bond motifs is 1. The Morgan fingerprint density at radius 2 is 2.00 bits per heavy atom. The molecule has 0 radical (unpaired) electrons. The summed E-state index contributed by atoms with van der Waals surface area (Å²) in [7, 11) is 3.24. The Bertz CT molecular complexity index is 609. The van der Waals surface area contributed by atoms with Crippen LogP contribution in [0.1, 0.15) is 49.0 Å². The van der Waals surface area contributed by atoms with Gasteiger partial charge in [-0.1, -0.05) is 25.5 Å². The molecule has 0 fully saturated rings. The molecule has 138 valence electrons. The van der Waals surface area contributed by atoms with Crippen LogP contribution in [0.4, 0.5) is 0 Å². The second-order valence-electron chi connectivity index (χ2n) is 6.70. The Labute approximate surface area is 151 Å². The first-order chi connectivity index (χ1) is 12.1. The summed E-state index contributed by atoms with van der Waals surface area (Å²) < 4.78 is 10.7. The van der Waals surface area contributed by atoms with Crippen molar-refractivity contribution in [2.24, 2.45) is 11.8 Å².